The average molecular weight is 350 g/mol. The molecule has 1 saturated heterocycles. The maximum Gasteiger partial charge on any atom is 0.234 e. The van der Waals surface area contributed by atoms with Gasteiger partial charge in [0.2, 0.25) is 5.91 Å². The molecule has 0 aliphatic carbocycles. The predicted molar refractivity (Wildman–Crippen MR) is 90.5 cm³/mol. The Bertz CT molecular complexity index is 704. The summed E-state index contributed by atoms with van der Waals surface area (Å²) in [5.41, 5.74) is 1.41. The van der Waals surface area contributed by atoms with Crippen LogP contribution in [0.4, 0.5) is 0 Å². The zero-order valence-corrected chi connectivity index (χ0v) is 14.0. The topological polar surface area (TPSA) is 78.6 Å². The van der Waals surface area contributed by atoms with E-state index in [9.17, 15) is 9.90 Å². The Morgan fingerprint density at radius 3 is 3.08 bits per heavy atom. The van der Waals surface area contributed by atoms with E-state index in [1.165, 1.54) is 0 Å². The van der Waals surface area contributed by atoms with Crippen molar-refractivity contribution in [2.75, 3.05) is 19.6 Å². The van der Waals surface area contributed by atoms with Crippen LogP contribution in [0.1, 0.15) is 18.5 Å². The van der Waals surface area contributed by atoms with E-state index in [2.05, 4.69) is 10.5 Å². The van der Waals surface area contributed by atoms with Crippen LogP contribution in [0.25, 0.3) is 11.3 Å². The Kier molecular flexibility index (Phi) is 5.50. The number of halogens is 1. The van der Waals surface area contributed by atoms with Crippen molar-refractivity contribution >= 4 is 17.5 Å². The van der Waals surface area contributed by atoms with Crippen LogP contribution in [-0.4, -0.2) is 46.8 Å². The summed E-state index contributed by atoms with van der Waals surface area (Å²) in [7, 11) is 0. The van der Waals surface area contributed by atoms with Crippen LogP contribution in [0, 0.1) is 0 Å². The molecule has 1 unspecified atom stereocenters. The van der Waals surface area contributed by atoms with Gasteiger partial charge in [0.1, 0.15) is 5.69 Å². The Hall–Kier alpha value is -1.89. The summed E-state index contributed by atoms with van der Waals surface area (Å²) >= 11 is 6.13. The minimum absolute atomic E-state index is 0.0913. The molecule has 2 aromatic rings. The van der Waals surface area contributed by atoms with E-state index >= 15 is 0 Å². The molecule has 7 heteroatoms. The fourth-order valence-electron chi connectivity index (χ4n) is 2.81. The van der Waals surface area contributed by atoms with Gasteiger partial charge in [0, 0.05) is 18.2 Å². The first-order chi connectivity index (χ1) is 11.6. The van der Waals surface area contributed by atoms with Crippen LogP contribution >= 0.6 is 11.6 Å². The zero-order valence-electron chi connectivity index (χ0n) is 13.2. The number of carbonyl (C=O) groups excluding carboxylic acids is 1. The van der Waals surface area contributed by atoms with E-state index in [1.54, 1.807) is 12.1 Å². The Morgan fingerprint density at radius 2 is 2.29 bits per heavy atom. The SMILES string of the molecule is O=C(CN1CCCC(O)C1)NCc1cc(-c2ccccc2Cl)on1. The molecule has 0 radical (unpaired) electrons. The van der Waals surface area contributed by atoms with Crippen LogP contribution < -0.4 is 5.32 Å². The highest BCUT2D eigenvalue weighted by Crippen LogP contribution is 2.27. The summed E-state index contributed by atoms with van der Waals surface area (Å²) in [5.74, 6) is 0.482. The van der Waals surface area contributed by atoms with Gasteiger partial charge in [0.25, 0.3) is 0 Å². The van der Waals surface area contributed by atoms with Gasteiger partial charge in [-0.15, -0.1) is 0 Å². The Morgan fingerprint density at radius 1 is 1.46 bits per heavy atom. The highest BCUT2D eigenvalue weighted by Gasteiger charge is 2.19. The molecule has 1 aromatic heterocycles. The quantitative estimate of drug-likeness (QED) is 0.864. The molecule has 1 amide bonds. The maximum absolute atomic E-state index is 12.0. The fraction of sp³-hybridized carbons (Fsp3) is 0.412. The van der Waals surface area contributed by atoms with Gasteiger partial charge in [-0.1, -0.05) is 28.9 Å². The molecule has 1 aromatic carbocycles. The average Bonchev–Trinajstić information content (AvgIpc) is 3.02. The number of piperidine rings is 1. The fourth-order valence-corrected chi connectivity index (χ4v) is 3.03. The van der Waals surface area contributed by atoms with Gasteiger partial charge in [0.05, 0.1) is 24.2 Å². The Balaban J connectivity index is 1.52. The van der Waals surface area contributed by atoms with Gasteiger partial charge in [-0.25, -0.2) is 0 Å². The molecule has 2 heterocycles. The number of aliphatic hydroxyl groups is 1. The molecule has 1 aliphatic heterocycles. The number of likely N-dealkylation sites (tertiary alicyclic amines) is 1. The van der Waals surface area contributed by atoms with E-state index in [-0.39, 0.29) is 18.6 Å². The number of hydrogen-bond acceptors (Lipinski definition) is 5. The second kappa shape index (κ2) is 7.79. The number of amides is 1. The molecular formula is C17H20ClN3O3. The van der Waals surface area contributed by atoms with Crippen molar-refractivity contribution in [1.82, 2.24) is 15.4 Å². The number of aliphatic hydroxyl groups excluding tert-OH is 1. The lowest BCUT2D eigenvalue weighted by molar-refractivity contribution is -0.123. The summed E-state index contributed by atoms with van der Waals surface area (Å²) in [5, 5.41) is 17.0. The number of hydrogen-bond donors (Lipinski definition) is 2. The molecule has 0 bridgehead atoms. The first-order valence-electron chi connectivity index (χ1n) is 7.99. The number of benzene rings is 1. The largest absolute Gasteiger partial charge is 0.392 e. The highest BCUT2D eigenvalue weighted by molar-refractivity contribution is 6.33. The predicted octanol–water partition coefficient (Wildman–Crippen LogP) is 2.07. The van der Waals surface area contributed by atoms with Crippen molar-refractivity contribution in [2.45, 2.75) is 25.5 Å². The van der Waals surface area contributed by atoms with Gasteiger partial charge in [-0.2, -0.15) is 0 Å². The minimum atomic E-state index is -0.333. The van der Waals surface area contributed by atoms with Crippen LogP contribution in [0.15, 0.2) is 34.9 Å². The lowest BCUT2D eigenvalue weighted by Crippen LogP contribution is -2.44. The van der Waals surface area contributed by atoms with Crippen molar-refractivity contribution in [3.63, 3.8) is 0 Å². The standard InChI is InChI=1S/C17H20ClN3O3/c18-15-6-2-1-5-14(15)16-8-12(20-24-16)9-19-17(23)11-21-7-3-4-13(22)10-21/h1-2,5-6,8,13,22H,3-4,7,9-11H2,(H,19,23). The van der Waals surface area contributed by atoms with E-state index in [0.717, 1.165) is 24.9 Å². The van der Waals surface area contributed by atoms with Crippen LogP contribution in [0.2, 0.25) is 5.02 Å². The molecule has 1 fully saturated rings. The van der Waals surface area contributed by atoms with E-state index < -0.39 is 0 Å². The van der Waals surface area contributed by atoms with Crippen LogP contribution in [-0.2, 0) is 11.3 Å². The van der Waals surface area contributed by atoms with E-state index in [4.69, 9.17) is 16.1 Å². The molecule has 1 aliphatic rings. The van der Waals surface area contributed by atoms with Crippen LogP contribution in [0.5, 0.6) is 0 Å². The van der Waals surface area contributed by atoms with E-state index in [0.29, 0.717) is 29.6 Å². The normalized spacial score (nSPS) is 18.5. The molecule has 0 spiro atoms. The van der Waals surface area contributed by atoms with Crippen LogP contribution in [0.3, 0.4) is 0 Å². The van der Waals surface area contributed by atoms with E-state index in [1.807, 2.05) is 23.1 Å². The molecule has 3 rings (SSSR count). The van der Waals surface area contributed by atoms with Gasteiger partial charge < -0.3 is 14.9 Å². The zero-order chi connectivity index (χ0) is 16.9. The Labute approximate surface area is 145 Å². The monoisotopic (exact) mass is 349 g/mol. The smallest absolute Gasteiger partial charge is 0.234 e. The summed E-state index contributed by atoms with van der Waals surface area (Å²) in [4.78, 5) is 14.0. The molecule has 6 nitrogen and oxygen atoms in total. The van der Waals surface area contributed by atoms with Gasteiger partial charge in [-0.05, 0) is 31.5 Å². The molecule has 1 atom stereocenters. The lowest BCUT2D eigenvalue weighted by Gasteiger charge is -2.29. The second-order valence-electron chi connectivity index (χ2n) is 5.97. The number of nitrogens with zero attached hydrogens (tertiary/aromatic N) is 2. The first kappa shape index (κ1) is 17.0. The van der Waals surface area contributed by atoms with Crippen molar-refractivity contribution in [3.05, 3.63) is 41.0 Å². The molecule has 0 saturated carbocycles. The van der Waals surface area contributed by atoms with Crippen molar-refractivity contribution in [3.8, 4) is 11.3 Å². The molecule has 24 heavy (non-hydrogen) atoms. The summed E-state index contributed by atoms with van der Waals surface area (Å²) in [6.45, 7) is 1.97. The number of aromatic nitrogens is 1. The van der Waals surface area contributed by atoms with Crippen molar-refractivity contribution in [2.24, 2.45) is 0 Å². The number of nitrogens with one attached hydrogen (secondary N) is 1. The lowest BCUT2D eigenvalue weighted by atomic mass is 10.1. The van der Waals surface area contributed by atoms with Gasteiger partial charge >= 0.3 is 0 Å². The first-order valence-corrected chi connectivity index (χ1v) is 8.37. The number of carbonyl (C=O) groups is 1. The third kappa shape index (κ3) is 4.35. The second-order valence-corrected chi connectivity index (χ2v) is 6.38. The van der Waals surface area contributed by atoms with Gasteiger partial charge in [0.15, 0.2) is 5.76 Å². The molecule has 2 N–H and O–H groups in total. The molecule has 128 valence electrons. The number of β-amino-alcohol motifs (C(OH)–C–C–N with tert-alkyl or cyclic N) is 1. The minimum Gasteiger partial charge on any atom is -0.392 e. The molecular weight excluding hydrogens is 330 g/mol. The van der Waals surface area contributed by atoms with Crippen molar-refractivity contribution in [1.29, 1.82) is 0 Å². The maximum atomic E-state index is 12.0. The summed E-state index contributed by atoms with van der Waals surface area (Å²) in [6.07, 6.45) is 1.39. The third-order valence-electron chi connectivity index (χ3n) is 4.01. The van der Waals surface area contributed by atoms with Crippen molar-refractivity contribution < 1.29 is 14.4 Å². The highest BCUT2D eigenvalue weighted by atomic mass is 35.5. The number of rotatable bonds is 5. The summed E-state index contributed by atoms with van der Waals surface area (Å²) < 4.78 is 5.30. The third-order valence-corrected chi connectivity index (χ3v) is 4.34. The summed E-state index contributed by atoms with van der Waals surface area (Å²) in [6, 6.07) is 9.13. The van der Waals surface area contributed by atoms with Gasteiger partial charge in [-0.3, -0.25) is 9.69 Å².